The molecule has 0 spiro atoms. The van der Waals surface area contributed by atoms with Crippen molar-refractivity contribution in [2.24, 2.45) is 0 Å². The summed E-state index contributed by atoms with van der Waals surface area (Å²) in [4.78, 5) is 31.6. The SMILES string of the molecule is O=C(Nc1ccc(Oc2ccc3[nH]c(NC(=O)c4ccco4)nc3c2)cc1)Nc1cc(C(F)(F)F)ccc1F. The Morgan fingerprint density at radius 2 is 1.67 bits per heavy atom. The lowest BCUT2D eigenvalue weighted by atomic mass is 10.2. The molecule has 0 saturated carbocycles. The maximum Gasteiger partial charge on any atom is 0.416 e. The smallest absolute Gasteiger partial charge is 0.416 e. The lowest BCUT2D eigenvalue weighted by molar-refractivity contribution is -0.137. The highest BCUT2D eigenvalue weighted by molar-refractivity contribution is 6.02. The van der Waals surface area contributed by atoms with Crippen LogP contribution in [0.1, 0.15) is 16.1 Å². The highest BCUT2D eigenvalue weighted by Crippen LogP contribution is 2.32. The maximum atomic E-state index is 13.9. The zero-order valence-electron chi connectivity index (χ0n) is 19.6. The number of H-pyrrole nitrogens is 1. The number of aromatic nitrogens is 2. The first-order chi connectivity index (χ1) is 18.6. The van der Waals surface area contributed by atoms with E-state index in [9.17, 15) is 27.2 Å². The number of amides is 3. The molecule has 0 unspecified atom stereocenters. The number of carbonyl (C=O) groups excluding carboxylic acids is 2. The minimum Gasteiger partial charge on any atom is -0.459 e. The molecule has 0 saturated heterocycles. The average Bonchev–Trinajstić information content (AvgIpc) is 3.56. The van der Waals surface area contributed by atoms with Crippen molar-refractivity contribution < 1.29 is 36.3 Å². The van der Waals surface area contributed by atoms with Crippen molar-refractivity contribution in [3.8, 4) is 11.5 Å². The highest BCUT2D eigenvalue weighted by atomic mass is 19.4. The Bertz CT molecular complexity index is 1650. The van der Waals surface area contributed by atoms with Crippen LogP contribution in [0.4, 0.5) is 39.7 Å². The third-order valence-corrected chi connectivity index (χ3v) is 5.32. The van der Waals surface area contributed by atoms with Crippen LogP contribution >= 0.6 is 0 Å². The van der Waals surface area contributed by atoms with E-state index in [1.165, 1.54) is 24.5 Å². The molecule has 9 nitrogen and oxygen atoms in total. The number of halogens is 4. The summed E-state index contributed by atoms with van der Waals surface area (Å²) in [5, 5.41) is 7.08. The molecule has 2 heterocycles. The summed E-state index contributed by atoms with van der Waals surface area (Å²) >= 11 is 0. The molecular weight excluding hydrogens is 522 g/mol. The van der Waals surface area contributed by atoms with E-state index < -0.39 is 35.2 Å². The Morgan fingerprint density at radius 3 is 2.38 bits per heavy atom. The molecule has 39 heavy (non-hydrogen) atoms. The van der Waals surface area contributed by atoms with E-state index in [0.29, 0.717) is 40.7 Å². The number of nitrogens with zero attached hydrogens (tertiary/aromatic N) is 1. The van der Waals surface area contributed by atoms with Crippen molar-refractivity contribution in [2.45, 2.75) is 6.18 Å². The maximum absolute atomic E-state index is 13.9. The van der Waals surface area contributed by atoms with E-state index in [4.69, 9.17) is 9.15 Å². The Hall–Kier alpha value is -5.33. The summed E-state index contributed by atoms with van der Waals surface area (Å²) < 4.78 is 63.3. The van der Waals surface area contributed by atoms with Gasteiger partial charge in [-0.15, -0.1) is 0 Å². The van der Waals surface area contributed by atoms with Crippen molar-refractivity contribution in [3.05, 3.63) is 96.2 Å². The number of nitrogens with one attached hydrogen (secondary N) is 4. The highest BCUT2D eigenvalue weighted by Gasteiger charge is 2.31. The van der Waals surface area contributed by atoms with Crippen LogP contribution in [0, 0.1) is 5.82 Å². The molecule has 0 aliphatic rings. The first-order valence-electron chi connectivity index (χ1n) is 11.2. The number of imidazole rings is 1. The molecule has 0 aliphatic carbocycles. The lowest BCUT2D eigenvalue weighted by Gasteiger charge is -2.12. The van der Waals surface area contributed by atoms with E-state index in [-0.39, 0.29) is 17.4 Å². The number of rotatable bonds is 6. The number of fused-ring (bicyclic) bond motifs is 1. The number of aromatic amines is 1. The van der Waals surface area contributed by atoms with Gasteiger partial charge >= 0.3 is 12.2 Å². The van der Waals surface area contributed by atoms with Crippen molar-refractivity contribution in [1.82, 2.24) is 9.97 Å². The van der Waals surface area contributed by atoms with Gasteiger partial charge in [0.25, 0.3) is 5.91 Å². The fraction of sp³-hybridized carbons (Fsp3) is 0.0385. The van der Waals surface area contributed by atoms with Crippen molar-refractivity contribution in [1.29, 1.82) is 0 Å². The number of anilines is 3. The van der Waals surface area contributed by atoms with Crippen LogP contribution < -0.4 is 20.7 Å². The normalized spacial score (nSPS) is 11.3. The van der Waals surface area contributed by atoms with Crippen molar-refractivity contribution in [3.63, 3.8) is 0 Å². The van der Waals surface area contributed by atoms with Gasteiger partial charge < -0.3 is 24.8 Å². The van der Waals surface area contributed by atoms with Crippen LogP contribution in [-0.2, 0) is 6.18 Å². The number of ether oxygens (including phenoxy) is 1. The Kier molecular flexibility index (Phi) is 6.63. The largest absolute Gasteiger partial charge is 0.459 e. The third-order valence-electron chi connectivity index (χ3n) is 5.32. The molecule has 5 aromatic rings. The van der Waals surface area contributed by atoms with E-state index in [1.54, 1.807) is 36.4 Å². The quantitative estimate of drug-likeness (QED) is 0.173. The second kappa shape index (κ2) is 10.2. The molecule has 0 aliphatic heterocycles. The minimum absolute atomic E-state index is 0.137. The standard InChI is InChI=1S/C26H17F4N5O4/c27-18-9-3-14(26(28,29)30)12-20(18)34-25(37)31-15-4-6-16(7-5-15)39-17-8-10-19-21(13-17)33-24(32-19)35-23(36)22-2-1-11-38-22/h1-13H,(H2,31,34,37)(H2,32,33,35,36). The van der Waals surface area contributed by atoms with Gasteiger partial charge in [-0.2, -0.15) is 13.2 Å². The Morgan fingerprint density at radius 1 is 0.897 bits per heavy atom. The first-order valence-corrected chi connectivity index (χ1v) is 11.2. The topological polar surface area (TPSA) is 121 Å². The fourth-order valence-corrected chi connectivity index (χ4v) is 3.51. The number of benzene rings is 3. The van der Waals surface area contributed by atoms with Crippen LogP contribution in [0.5, 0.6) is 11.5 Å². The van der Waals surface area contributed by atoms with Gasteiger partial charge in [0.2, 0.25) is 5.95 Å². The van der Waals surface area contributed by atoms with Gasteiger partial charge in [-0.1, -0.05) is 0 Å². The van der Waals surface area contributed by atoms with Gasteiger partial charge in [0.1, 0.15) is 17.3 Å². The number of urea groups is 1. The molecule has 0 radical (unpaired) electrons. The predicted molar refractivity (Wildman–Crippen MR) is 133 cm³/mol. The summed E-state index contributed by atoms with van der Waals surface area (Å²) in [6.07, 6.45) is -3.30. The number of furan rings is 1. The van der Waals surface area contributed by atoms with Crippen molar-refractivity contribution >= 4 is 40.3 Å². The molecule has 5 rings (SSSR count). The zero-order chi connectivity index (χ0) is 27.6. The molecule has 3 aromatic carbocycles. The lowest BCUT2D eigenvalue weighted by Crippen LogP contribution is -2.20. The van der Waals surface area contributed by atoms with Gasteiger partial charge in [0.15, 0.2) is 5.76 Å². The molecule has 2 aromatic heterocycles. The van der Waals surface area contributed by atoms with Crippen LogP contribution in [0.3, 0.4) is 0 Å². The molecule has 0 bridgehead atoms. The molecule has 198 valence electrons. The van der Waals surface area contributed by atoms with Gasteiger partial charge in [0, 0.05) is 11.8 Å². The molecule has 4 N–H and O–H groups in total. The second-order valence-electron chi connectivity index (χ2n) is 8.09. The Labute approximate surface area is 216 Å². The molecule has 0 fully saturated rings. The molecule has 0 atom stereocenters. The summed E-state index contributed by atoms with van der Waals surface area (Å²) in [5.41, 5.74) is -0.242. The fourth-order valence-electron chi connectivity index (χ4n) is 3.51. The molecular formula is C26H17F4N5O4. The van der Waals surface area contributed by atoms with Crippen LogP contribution in [0.2, 0.25) is 0 Å². The van der Waals surface area contributed by atoms with E-state index in [0.717, 1.165) is 0 Å². The monoisotopic (exact) mass is 539 g/mol. The molecule has 13 heteroatoms. The third kappa shape index (κ3) is 5.98. The summed E-state index contributed by atoms with van der Waals surface area (Å²) in [6, 6.07) is 15.0. The number of hydrogen-bond donors (Lipinski definition) is 4. The van der Waals surface area contributed by atoms with Crippen molar-refractivity contribution in [2.75, 3.05) is 16.0 Å². The van der Waals surface area contributed by atoms with Gasteiger partial charge in [0.05, 0.1) is 28.5 Å². The van der Waals surface area contributed by atoms with E-state index in [1.807, 2.05) is 0 Å². The van der Waals surface area contributed by atoms with Crippen LogP contribution in [0.15, 0.2) is 83.5 Å². The van der Waals surface area contributed by atoms with Gasteiger partial charge in [-0.05, 0) is 66.7 Å². The summed E-state index contributed by atoms with van der Waals surface area (Å²) in [7, 11) is 0. The zero-order valence-corrected chi connectivity index (χ0v) is 19.6. The average molecular weight is 539 g/mol. The van der Waals surface area contributed by atoms with Gasteiger partial charge in [-0.25, -0.2) is 14.2 Å². The van der Waals surface area contributed by atoms with E-state index in [2.05, 4.69) is 25.9 Å². The number of alkyl halides is 3. The van der Waals surface area contributed by atoms with Crippen LogP contribution in [-0.4, -0.2) is 21.9 Å². The minimum atomic E-state index is -4.68. The Balaban J connectivity index is 1.20. The van der Waals surface area contributed by atoms with Crippen LogP contribution in [0.25, 0.3) is 11.0 Å². The number of hydrogen-bond acceptors (Lipinski definition) is 5. The summed E-state index contributed by atoms with van der Waals surface area (Å²) in [5.74, 6) is -0.261. The summed E-state index contributed by atoms with van der Waals surface area (Å²) in [6.45, 7) is 0. The predicted octanol–water partition coefficient (Wildman–Crippen LogP) is 7.00. The molecule has 3 amide bonds. The first kappa shape index (κ1) is 25.3. The second-order valence-corrected chi connectivity index (χ2v) is 8.09. The van der Waals surface area contributed by atoms with Gasteiger partial charge in [-0.3, -0.25) is 10.1 Å². The number of carbonyl (C=O) groups is 2. The van der Waals surface area contributed by atoms with E-state index >= 15 is 0 Å².